The number of carbonyl (C=O) groups is 2. The van der Waals surface area contributed by atoms with E-state index in [1.807, 2.05) is 48.5 Å². The van der Waals surface area contributed by atoms with Crippen LogP contribution in [-0.4, -0.2) is 23.8 Å². The molecule has 1 aliphatic rings. The van der Waals surface area contributed by atoms with Gasteiger partial charge in [-0.15, -0.1) is 0 Å². The fourth-order valence-electron chi connectivity index (χ4n) is 3.99. The lowest BCUT2D eigenvalue weighted by Gasteiger charge is -2.19. The number of carbonyl (C=O) groups excluding carboxylic acids is 1. The molecule has 31 heavy (non-hydrogen) atoms. The van der Waals surface area contributed by atoms with Gasteiger partial charge in [-0.3, -0.25) is 4.79 Å². The molecule has 0 bridgehead atoms. The van der Waals surface area contributed by atoms with Gasteiger partial charge < -0.3 is 15.2 Å². The van der Waals surface area contributed by atoms with Gasteiger partial charge in [0, 0.05) is 11.5 Å². The first kappa shape index (κ1) is 20.5. The van der Waals surface area contributed by atoms with Gasteiger partial charge in [0.1, 0.15) is 6.61 Å². The maximum atomic E-state index is 14.2. The number of amides is 1. The second kappa shape index (κ2) is 8.55. The topological polar surface area (TPSA) is 75.6 Å². The third kappa shape index (κ3) is 4.12. The lowest BCUT2D eigenvalue weighted by atomic mass is 9.98. The Hall–Kier alpha value is -3.74. The van der Waals surface area contributed by atoms with Crippen molar-refractivity contribution in [1.29, 1.82) is 0 Å². The van der Waals surface area contributed by atoms with Crippen molar-refractivity contribution >= 4 is 12.1 Å². The number of ether oxygens (including phenoxy) is 1. The minimum absolute atomic E-state index is 0.0191. The molecule has 4 rings (SSSR count). The molecule has 5 nitrogen and oxygen atoms in total. The molecule has 0 unspecified atom stereocenters. The fourth-order valence-corrected chi connectivity index (χ4v) is 3.99. The van der Waals surface area contributed by atoms with E-state index >= 15 is 0 Å². The number of rotatable bonds is 6. The van der Waals surface area contributed by atoms with E-state index in [1.165, 1.54) is 12.1 Å². The molecule has 0 spiro atoms. The van der Waals surface area contributed by atoms with Crippen LogP contribution in [0.15, 0.2) is 66.7 Å². The van der Waals surface area contributed by atoms with Gasteiger partial charge in [-0.1, -0.05) is 60.7 Å². The second-order valence-electron chi connectivity index (χ2n) is 7.26. The molecule has 0 fully saturated rings. The van der Waals surface area contributed by atoms with Crippen LogP contribution in [0.4, 0.5) is 13.6 Å². The van der Waals surface area contributed by atoms with E-state index in [-0.39, 0.29) is 18.1 Å². The molecule has 3 aromatic carbocycles. The first-order valence-corrected chi connectivity index (χ1v) is 9.73. The van der Waals surface area contributed by atoms with Crippen LogP contribution >= 0.6 is 0 Å². The maximum Gasteiger partial charge on any atom is 0.407 e. The molecule has 3 aromatic rings. The Kier molecular flexibility index (Phi) is 5.66. The van der Waals surface area contributed by atoms with E-state index in [4.69, 9.17) is 9.84 Å². The molecule has 1 aliphatic carbocycles. The summed E-state index contributed by atoms with van der Waals surface area (Å²) in [6.45, 7) is 0.0191. The molecular formula is C24H19F2NO4. The SMILES string of the molecule is O=C(O)C[C@@H](NC(=O)OCC1c2ccccc2-c2ccccc21)c1cccc(F)c1F. The quantitative estimate of drug-likeness (QED) is 0.584. The van der Waals surface area contributed by atoms with E-state index in [0.29, 0.717) is 0 Å². The number of alkyl carbamates (subject to hydrolysis) is 1. The Morgan fingerprint density at radius 1 is 0.935 bits per heavy atom. The number of halogens is 2. The number of nitrogens with one attached hydrogen (secondary N) is 1. The van der Waals surface area contributed by atoms with Crippen LogP contribution in [-0.2, 0) is 9.53 Å². The summed E-state index contributed by atoms with van der Waals surface area (Å²) in [5.41, 5.74) is 3.93. The summed E-state index contributed by atoms with van der Waals surface area (Å²) < 4.78 is 33.1. The second-order valence-corrected chi connectivity index (χ2v) is 7.26. The van der Waals surface area contributed by atoms with Crippen molar-refractivity contribution < 1.29 is 28.2 Å². The standard InChI is InChI=1S/C24H19F2NO4/c25-20-11-5-10-18(23(20)26)21(12-22(28)29)27-24(30)31-13-19-16-8-3-1-6-14(16)15-7-2-4-9-17(15)19/h1-11,19,21H,12-13H2,(H,27,30)(H,28,29)/t21-/m1/s1. The Morgan fingerprint density at radius 3 is 2.16 bits per heavy atom. The third-order valence-corrected chi connectivity index (χ3v) is 5.37. The van der Waals surface area contributed by atoms with Crippen LogP contribution in [0.3, 0.4) is 0 Å². The first-order valence-electron chi connectivity index (χ1n) is 9.73. The molecule has 0 saturated carbocycles. The highest BCUT2D eigenvalue weighted by Gasteiger charge is 2.30. The van der Waals surface area contributed by atoms with Crippen molar-refractivity contribution in [2.45, 2.75) is 18.4 Å². The van der Waals surface area contributed by atoms with E-state index in [1.54, 1.807) is 0 Å². The van der Waals surface area contributed by atoms with Gasteiger partial charge in [0.25, 0.3) is 0 Å². The van der Waals surface area contributed by atoms with E-state index < -0.39 is 36.2 Å². The highest BCUT2D eigenvalue weighted by molar-refractivity contribution is 5.79. The smallest absolute Gasteiger partial charge is 0.407 e. The number of fused-ring (bicyclic) bond motifs is 3. The van der Waals surface area contributed by atoms with Crippen LogP contribution in [0.25, 0.3) is 11.1 Å². The summed E-state index contributed by atoms with van der Waals surface area (Å²) in [6, 6.07) is 17.8. The Bertz CT molecular complexity index is 1100. The van der Waals surface area contributed by atoms with Crippen LogP contribution < -0.4 is 5.32 Å². The minimum atomic E-state index is -1.27. The van der Waals surface area contributed by atoms with Gasteiger partial charge in [0.15, 0.2) is 11.6 Å². The predicted molar refractivity (Wildman–Crippen MR) is 110 cm³/mol. The molecule has 7 heteroatoms. The highest BCUT2D eigenvalue weighted by atomic mass is 19.2. The van der Waals surface area contributed by atoms with Crippen molar-refractivity contribution in [3.8, 4) is 11.1 Å². The Morgan fingerprint density at radius 2 is 1.55 bits per heavy atom. The highest BCUT2D eigenvalue weighted by Crippen LogP contribution is 2.44. The number of aliphatic carboxylic acids is 1. The van der Waals surface area contributed by atoms with Crippen LogP contribution in [0.1, 0.15) is 35.1 Å². The van der Waals surface area contributed by atoms with Crippen LogP contribution in [0.5, 0.6) is 0 Å². The molecule has 0 radical (unpaired) electrons. The first-order chi connectivity index (χ1) is 15.0. The zero-order chi connectivity index (χ0) is 22.0. The summed E-state index contributed by atoms with van der Waals surface area (Å²) in [5, 5.41) is 11.5. The van der Waals surface area contributed by atoms with Crippen LogP contribution in [0.2, 0.25) is 0 Å². The molecule has 1 atom stereocenters. The molecular weight excluding hydrogens is 404 g/mol. The molecule has 1 amide bonds. The summed E-state index contributed by atoms with van der Waals surface area (Å²) in [4.78, 5) is 23.6. The third-order valence-electron chi connectivity index (χ3n) is 5.37. The van der Waals surface area contributed by atoms with Gasteiger partial charge in [0.05, 0.1) is 12.5 Å². The minimum Gasteiger partial charge on any atom is -0.481 e. The lowest BCUT2D eigenvalue weighted by molar-refractivity contribution is -0.137. The van der Waals surface area contributed by atoms with Gasteiger partial charge in [0.2, 0.25) is 0 Å². The van der Waals surface area contributed by atoms with Gasteiger partial charge in [-0.05, 0) is 28.3 Å². The van der Waals surface area contributed by atoms with Gasteiger partial charge in [-0.25, -0.2) is 13.6 Å². The normalized spacial score (nSPS) is 13.2. The Labute approximate surface area is 177 Å². The predicted octanol–water partition coefficient (Wildman–Crippen LogP) is 5.02. The average molecular weight is 423 g/mol. The van der Waals surface area contributed by atoms with E-state index in [9.17, 15) is 18.4 Å². The molecule has 2 N–H and O–H groups in total. The van der Waals surface area contributed by atoms with Crippen molar-refractivity contribution in [1.82, 2.24) is 5.32 Å². The summed E-state index contributed by atoms with van der Waals surface area (Å²) in [6.07, 6.45) is -1.53. The Balaban J connectivity index is 1.50. The molecule has 0 aromatic heterocycles. The van der Waals surface area contributed by atoms with E-state index in [0.717, 1.165) is 28.3 Å². The number of carboxylic acids is 1. The largest absolute Gasteiger partial charge is 0.481 e. The molecule has 0 heterocycles. The number of hydrogen-bond donors (Lipinski definition) is 2. The van der Waals surface area contributed by atoms with Crippen molar-refractivity contribution in [2.24, 2.45) is 0 Å². The van der Waals surface area contributed by atoms with Gasteiger partial charge >= 0.3 is 12.1 Å². The van der Waals surface area contributed by atoms with Crippen molar-refractivity contribution in [2.75, 3.05) is 6.61 Å². The average Bonchev–Trinajstić information content (AvgIpc) is 3.07. The lowest BCUT2D eigenvalue weighted by Crippen LogP contribution is -2.32. The summed E-state index contributed by atoms with van der Waals surface area (Å²) in [5.74, 6) is -3.77. The summed E-state index contributed by atoms with van der Waals surface area (Å²) >= 11 is 0. The molecule has 0 aliphatic heterocycles. The molecule has 158 valence electrons. The van der Waals surface area contributed by atoms with Gasteiger partial charge in [-0.2, -0.15) is 0 Å². The monoisotopic (exact) mass is 423 g/mol. The zero-order valence-corrected chi connectivity index (χ0v) is 16.3. The zero-order valence-electron chi connectivity index (χ0n) is 16.3. The van der Waals surface area contributed by atoms with Crippen molar-refractivity contribution in [3.63, 3.8) is 0 Å². The number of benzene rings is 3. The fraction of sp³-hybridized carbons (Fsp3) is 0.167. The number of hydrogen-bond acceptors (Lipinski definition) is 3. The number of carboxylic acid groups (broad SMARTS) is 1. The van der Waals surface area contributed by atoms with E-state index in [2.05, 4.69) is 5.32 Å². The van der Waals surface area contributed by atoms with Crippen molar-refractivity contribution in [3.05, 3.63) is 95.1 Å². The maximum absolute atomic E-state index is 14.2. The van der Waals surface area contributed by atoms with Crippen LogP contribution in [0, 0.1) is 11.6 Å². The molecule has 0 saturated heterocycles. The summed E-state index contributed by atoms with van der Waals surface area (Å²) in [7, 11) is 0.